The molecule has 1 saturated heterocycles. The van der Waals surface area contributed by atoms with Crippen LogP contribution in [-0.4, -0.2) is 50.4 Å². The van der Waals surface area contributed by atoms with Gasteiger partial charge in [0.25, 0.3) is 5.56 Å². The number of nitrogens with zero attached hydrogens (tertiary/aromatic N) is 2. The second-order valence-corrected chi connectivity index (χ2v) is 8.58. The number of aromatic nitrogens is 2. The SMILES string of the molecule is Cn1c(=O)ccn([C@@H]2O[C@H](COC(C)(C)C)C(OC(C)(C)C)[C@@H]2O)c1=O. The fraction of sp³-hybridized carbons (Fsp3) is 0.778. The van der Waals surface area contributed by atoms with Gasteiger partial charge in [0.05, 0.1) is 17.8 Å². The highest BCUT2D eigenvalue weighted by molar-refractivity contribution is 4.96. The van der Waals surface area contributed by atoms with Crippen molar-refractivity contribution < 1.29 is 19.3 Å². The zero-order valence-corrected chi connectivity index (χ0v) is 16.6. The van der Waals surface area contributed by atoms with Gasteiger partial charge in [0.2, 0.25) is 0 Å². The molecule has 1 aliphatic heterocycles. The van der Waals surface area contributed by atoms with Crippen LogP contribution in [0.25, 0.3) is 0 Å². The first-order valence-electron chi connectivity index (χ1n) is 8.74. The molecule has 0 bridgehead atoms. The third-order valence-corrected chi connectivity index (χ3v) is 3.97. The molecular weight excluding hydrogens is 340 g/mol. The Balaban J connectivity index is 2.33. The predicted octanol–water partition coefficient (Wildman–Crippen LogP) is 0.804. The molecule has 1 aromatic heterocycles. The zero-order chi connectivity index (χ0) is 19.9. The van der Waals surface area contributed by atoms with E-state index >= 15 is 0 Å². The molecule has 2 rings (SSSR count). The first-order chi connectivity index (χ1) is 11.8. The summed E-state index contributed by atoms with van der Waals surface area (Å²) in [4.78, 5) is 24.0. The average molecular weight is 370 g/mol. The first kappa shape index (κ1) is 20.8. The van der Waals surface area contributed by atoms with Gasteiger partial charge >= 0.3 is 5.69 Å². The van der Waals surface area contributed by atoms with Crippen LogP contribution in [0.2, 0.25) is 0 Å². The molecule has 2 heterocycles. The van der Waals surface area contributed by atoms with E-state index in [1.54, 1.807) is 0 Å². The number of hydrogen-bond donors (Lipinski definition) is 1. The molecule has 8 heteroatoms. The van der Waals surface area contributed by atoms with Crippen LogP contribution in [0.1, 0.15) is 47.8 Å². The van der Waals surface area contributed by atoms with E-state index in [-0.39, 0.29) is 12.2 Å². The van der Waals surface area contributed by atoms with E-state index in [1.807, 2.05) is 41.5 Å². The Labute approximate surface area is 153 Å². The number of hydrogen-bond acceptors (Lipinski definition) is 6. The Morgan fingerprint density at radius 1 is 1.15 bits per heavy atom. The van der Waals surface area contributed by atoms with Crippen molar-refractivity contribution in [3.05, 3.63) is 33.1 Å². The summed E-state index contributed by atoms with van der Waals surface area (Å²) < 4.78 is 19.9. The van der Waals surface area contributed by atoms with E-state index in [4.69, 9.17) is 14.2 Å². The maximum absolute atomic E-state index is 12.4. The molecule has 0 saturated carbocycles. The lowest BCUT2D eigenvalue weighted by Crippen LogP contribution is -2.44. The fourth-order valence-corrected chi connectivity index (χ4v) is 2.75. The van der Waals surface area contributed by atoms with Gasteiger partial charge in [0, 0.05) is 19.3 Å². The Morgan fingerprint density at radius 2 is 1.77 bits per heavy atom. The Bertz CT molecular complexity index is 740. The largest absolute Gasteiger partial charge is 0.386 e. The van der Waals surface area contributed by atoms with Crippen LogP contribution in [0, 0.1) is 0 Å². The lowest BCUT2D eigenvalue weighted by molar-refractivity contribution is -0.138. The fourth-order valence-electron chi connectivity index (χ4n) is 2.75. The van der Waals surface area contributed by atoms with E-state index < -0.39 is 41.4 Å². The molecule has 1 unspecified atom stereocenters. The van der Waals surface area contributed by atoms with Gasteiger partial charge in [-0.15, -0.1) is 0 Å². The second-order valence-electron chi connectivity index (χ2n) is 8.58. The van der Waals surface area contributed by atoms with Gasteiger partial charge in [-0.1, -0.05) is 0 Å². The summed E-state index contributed by atoms with van der Waals surface area (Å²) in [5.41, 5.74) is -1.88. The number of aliphatic hydroxyl groups excluding tert-OH is 1. The molecule has 26 heavy (non-hydrogen) atoms. The smallest absolute Gasteiger partial charge is 0.332 e. The Morgan fingerprint density at radius 3 is 2.31 bits per heavy atom. The number of aliphatic hydroxyl groups is 1. The summed E-state index contributed by atoms with van der Waals surface area (Å²) in [7, 11) is 1.38. The van der Waals surface area contributed by atoms with Crippen LogP contribution in [-0.2, 0) is 21.3 Å². The topological polar surface area (TPSA) is 91.9 Å². The zero-order valence-electron chi connectivity index (χ0n) is 16.6. The van der Waals surface area contributed by atoms with Crippen molar-refractivity contribution in [2.75, 3.05) is 6.61 Å². The monoisotopic (exact) mass is 370 g/mol. The highest BCUT2D eigenvalue weighted by atomic mass is 16.6. The highest BCUT2D eigenvalue weighted by Crippen LogP contribution is 2.33. The molecule has 1 aliphatic rings. The number of rotatable bonds is 4. The summed E-state index contributed by atoms with van der Waals surface area (Å²) in [5, 5.41) is 10.8. The van der Waals surface area contributed by atoms with Gasteiger partial charge in [-0.05, 0) is 41.5 Å². The van der Waals surface area contributed by atoms with Crippen molar-refractivity contribution in [3.8, 4) is 0 Å². The molecule has 0 aliphatic carbocycles. The maximum Gasteiger partial charge on any atom is 0.332 e. The summed E-state index contributed by atoms with van der Waals surface area (Å²) >= 11 is 0. The highest BCUT2D eigenvalue weighted by Gasteiger charge is 2.47. The summed E-state index contributed by atoms with van der Waals surface area (Å²) in [6.07, 6.45) is -1.95. The summed E-state index contributed by atoms with van der Waals surface area (Å²) in [5.74, 6) is 0. The van der Waals surface area contributed by atoms with Crippen LogP contribution in [0.15, 0.2) is 21.9 Å². The van der Waals surface area contributed by atoms with Gasteiger partial charge in [-0.3, -0.25) is 13.9 Å². The molecule has 4 atom stereocenters. The van der Waals surface area contributed by atoms with Gasteiger partial charge in [0.1, 0.15) is 18.3 Å². The Hall–Kier alpha value is -1.48. The lowest BCUT2D eigenvalue weighted by atomic mass is 10.1. The van der Waals surface area contributed by atoms with Crippen LogP contribution >= 0.6 is 0 Å². The van der Waals surface area contributed by atoms with Gasteiger partial charge in [0.15, 0.2) is 6.23 Å². The molecule has 0 amide bonds. The standard InChI is InChI=1S/C18H30N2O6/c1-17(2,3)24-10-11-14(26-18(4,5)6)13(22)15(25-11)20-9-8-12(21)19(7)16(20)23/h8-9,11,13-15,22H,10H2,1-7H3/t11-,13+,14?,15-/m1/s1. The van der Waals surface area contributed by atoms with E-state index in [2.05, 4.69) is 0 Å². The van der Waals surface area contributed by atoms with Gasteiger partial charge in [-0.2, -0.15) is 0 Å². The molecule has 1 aromatic rings. The van der Waals surface area contributed by atoms with E-state index in [9.17, 15) is 14.7 Å². The molecule has 1 fully saturated rings. The van der Waals surface area contributed by atoms with Crippen molar-refractivity contribution >= 4 is 0 Å². The van der Waals surface area contributed by atoms with Crippen LogP contribution in [0.3, 0.4) is 0 Å². The predicted molar refractivity (Wildman–Crippen MR) is 96.2 cm³/mol. The van der Waals surface area contributed by atoms with Crippen LogP contribution in [0.5, 0.6) is 0 Å². The van der Waals surface area contributed by atoms with Crippen LogP contribution in [0.4, 0.5) is 0 Å². The number of ether oxygens (including phenoxy) is 3. The van der Waals surface area contributed by atoms with Crippen molar-refractivity contribution in [2.24, 2.45) is 7.05 Å². The molecule has 1 N–H and O–H groups in total. The van der Waals surface area contributed by atoms with E-state index in [0.717, 1.165) is 4.57 Å². The van der Waals surface area contributed by atoms with E-state index in [0.29, 0.717) is 0 Å². The summed E-state index contributed by atoms with van der Waals surface area (Å²) in [6.45, 7) is 11.6. The molecule has 0 radical (unpaired) electrons. The third kappa shape index (κ3) is 4.82. The average Bonchev–Trinajstić information content (AvgIpc) is 2.78. The third-order valence-electron chi connectivity index (χ3n) is 3.97. The molecular formula is C18H30N2O6. The van der Waals surface area contributed by atoms with Crippen LogP contribution < -0.4 is 11.2 Å². The molecule has 0 spiro atoms. The quantitative estimate of drug-likeness (QED) is 0.843. The van der Waals surface area contributed by atoms with Crippen molar-refractivity contribution in [1.29, 1.82) is 0 Å². The molecule has 0 aromatic carbocycles. The van der Waals surface area contributed by atoms with Gasteiger partial charge < -0.3 is 19.3 Å². The second kappa shape index (κ2) is 7.26. The van der Waals surface area contributed by atoms with Crippen molar-refractivity contribution in [2.45, 2.75) is 77.3 Å². The normalized spacial score (nSPS) is 27.1. The lowest BCUT2D eigenvalue weighted by Gasteiger charge is -2.30. The maximum atomic E-state index is 12.4. The minimum atomic E-state index is -1.09. The first-order valence-corrected chi connectivity index (χ1v) is 8.74. The van der Waals surface area contributed by atoms with E-state index in [1.165, 1.54) is 23.9 Å². The Kier molecular flexibility index (Phi) is 5.82. The molecule has 8 nitrogen and oxygen atoms in total. The molecule has 148 valence electrons. The van der Waals surface area contributed by atoms with Gasteiger partial charge in [-0.25, -0.2) is 4.79 Å². The minimum Gasteiger partial charge on any atom is -0.386 e. The minimum absolute atomic E-state index is 0.207. The van der Waals surface area contributed by atoms with Crippen molar-refractivity contribution in [1.82, 2.24) is 9.13 Å². The van der Waals surface area contributed by atoms with Crippen molar-refractivity contribution in [3.63, 3.8) is 0 Å². The summed E-state index contributed by atoms with van der Waals surface area (Å²) in [6, 6.07) is 1.26.